The third kappa shape index (κ3) is 5.44. The summed E-state index contributed by atoms with van der Waals surface area (Å²) < 4.78 is 5.67. The van der Waals surface area contributed by atoms with Gasteiger partial charge in [0.15, 0.2) is 0 Å². The minimum absolute atomic E-state index is 0.0118. The fourth-order valence-electron chi connectivity index (χ4n) is 12.7. The van der Waals surface area contributed by atoms with Crippen LogP contribution >= 0.6 is 11.3 Å². The smallest absolute Gasteiger partial charge is 0.343 e. The molecular weight excluding hydrogens is 792 g/mol. The molecule has 0 bridgehead atoms. The largest absolute Gasteiger partial charge is 0.375 e. The maximum Gasteiger partial charge on any atom is 0.343 e. The number of hydrogen-bond donors (Lipinski definition) is 0. The van der Waals surface area contributed by atoms with Crippen molar-refractivity contribution in [1.82, 2.24) is 4.48 Å². The summed E-state index contributed by atoms with van der Waals surface area (Å²) in [6.07, 6.45) is 4.79. The van der Waals surface area contributed by atoms with Crippen LogP contribution in [0.1, 0.15) is 156 Å². The molecule has 2 nitrogen and oxygen atoms in total. The third-order valence-electron chi connectivity index (χ3n) is 17.0. The average Bonchev–Trinajstić information content (AvgIpc) is 3.77. The van der Waals surface area contributed by atoms with Crippen molar-refractivity contribution in [3.05, 3.63) is 124 Å². The van der Waals surface area contributed by atoms with Crippen LogP contribution in [0.5, 0.6) is 0 Å². The van der Waals surface area contributed by atoms with E-state index in [9.17, 15) is 0 Å². The molecule has 0 unspecified atom stereocenters. The highest BCUT2D eigenvalue weighted by Gasteiger charge is 2.48. The molecule has 0 radical (unpaired) electrons. The molecule has 0 amide bonds. The van der Waals surface area contributed by atoms with Gasteiger partial charge in [-0.05, 0) is 163 Å². The Kier molecular flexibility index (Phi) is 7.98. The average molecular weight is 857 g/mol. The van der Waals surface area contributed by atoms with Gasteiger partial charge < -0.3 is 9.38 Å². The second-order valence-corrected chi connectivity index (χ2v) is 26.2. The molecule has 4 heterocycles. The van der Waals surface area contributed by atoms with E-state index in [4.69, 9.17) is 0 Å². The maximum absolute atomic E-state index is 2.80. The Morgan fingerprint density at radius 2 is 1.12 bits per heavy atom. The molecule has 0 spiro atoms. The van der Waals surface area contributed by atoms with Gasteiger partial charge in [-0.15, -0.1) is 11.3 Å². The van der Waals surface area contributed by atoms with Crippen molar-refractivity contribution in [3.8, 4) is 11.1 Å². The lowest BCUT2D eigenvalue weighted by atomic mass is 9.48. The van der Waals surface area contributed by atoms with Crippen LogP contribution in [0.3, 0.4) is 0 Å². The van der Waals surface area contributed by atoms with Gasteiger partial charge in [-0.2, -0.15) is 0 Å². The maximum atomic E-state index is 2.80. The van der Waals surface area contributed by atoms with E-state index in [1.807, 2.05) is 0 Å². The summed E-state index contributed by atoms with van der Waals surface area (Å²) in [5, 5.41) is 6.78. The molecule has 64 heavy (non-hydrogen) atoms. The van der Waals surface area contributed by atoms with Crippen LogP contribution in [0.25, 0.3) is 53.8 Å². The number of benzene rings is 6. The molecule has 4 aliphatic rings. The Morgan fingerprint density at radius 1 is 0.516 bits per heavy atom. The molecule has 0 N–H and O–H groups in total. The van der Waals surface area contributed by atoms with E-state index in [1.54, 1.807) is 0 Å². The quantitative estimate of drug-likeness (QED) is 0.149. The zero-order valence-electron chi connectivity index (χ0n) is 40.9. The summed E-state index contributed by atoms with van der Waals surface area (Å²) in [4.78, 5) is 2.77. The van der Waals surface area contributed by atoms with Gasteiger partial charge in [-0.1, -0.05) is 133 Å². The van der Waals surface area contributed by atoms with Crippen molar-refractivity contribution >= 4 is 88.2 Å². The molecule has 2 aliphatic heterocycles. The van der Waals surface area contributed by atoms with Gasteiger partial charge >= 0.3 is 6.85 Å². The first kappa shape index (κ1) is 40.7. The molecule has 0 atom stereocenters. The molecule has 2 aromatic heterocycles. The Balaban J connectivity index is 1.29. The monoisotopic (exact) mass is 856 g/mol. The van der Waals surface area contributed by atoms with Crippen LogP contribution in [0.15, 0.2) is 91.0 Å². The number of anilines is 3. The van der Waals surface area contributed by atoms with Crippen molar-refractivity contribution in [1.29, 1.82) is 0 Å². The van der Waals surface area contributed by atoms with Gasteiger partial charge in [0.1, 0.15) is 0 Å². The lowest BCUT2D eigenvalue weighted by molar-refractivity contribution is 0.332. The van der Waals surface area contributed by atoms with E-state index in [0.717, 1.165) is 0 Å². The number of thiophene rings is 1. The minimum atomic E-state index is -0.0242. The van der Waals surface area contributed by atoms with E-state index in [-0.39, 0.29) is 39.3 Å². The van der Waals surface area contributed by atoms with Gasteiger partial charge in [0.25, 0.3) is 0 Å². The van der Waals surface area contributed by atoms with E-state index in [0.29, 0.717) is 0 Å². The molecule has 8 aromatic rings. The Morgan fingerprint density at radius 3 is 1.80 bits per heavy atom. The van der Waals surface area contributed by atoms with Gasteiger partial charge in [0, 0.05) is 53.3 Å². The Hall–Kier alpha value is -4.80. The van der Waals surface area contributed by atoms with Crippen LogP contribution in [0, 0.1) is 0 Å². The molecule has 0 saturated carbocycles. The first-order valence-corrected chi connectivity index (χ1v) is 25.0. The Bertz CT molecular complexity index is 3370. The third-order valence-corrected chi connectivity index (χ3v) is 18.2. The van der Waals surface area contributed by atoms with Crippen LogP contribution in [0.4, 0.5) is 17.1 Å². The summed E-state index contributed by atoms with van der Waals surface area (Å²) in [6, 6.07) is 37.3. The molecule has 6 aromatic carbocycles. The van der Waals surface area contributed by atoms with E-state index in [1.165, 1.54) is 140 Å². The molecule has 4 heteroatoms. The standard InChI is InChI=1S/C60H65BN2S/c1-55(2,3)35-19-22-48-39(28-35)41-29-36(56(4,5)6)30-42-40-27-34-17-15-16-18-38(34)52-50(40)61(63(48)51(41)42)54-53(43-32-46-47(33-49(43)64-54)60(13,14)26-25-59(46,11)12)62(52)37-20-21-44-45(31-37)58(9,10)24-23-57(44,7)8/h15-22,27-33H,23-26H2,1-14H3. The number of rotatable bonds is 1. The Labute approximate surface area is 386 Å². The van der Waals surface area contributed by atoms with Crippen LogP contribution in [-0.2, 0) is 32.5 Å². The van der Waals surface area contributed by atoms with Crippen LogP contribution in [-0.4, -0.2) is 11.3 Å². The van der Waals surface area contributed by atoms with Gasteiger partial charge in [0.05, 0.1) is 11.4 Å². The molecular formula is C60H65BN2S. The van der Waals surface area contributed by atoms with Crippen molar-refractivity contribution < 1.29 is 0 Å². The minimum Gasteiger partial charge on any atom is -0.375 e. The highest BCUT2D eigenvalue weighted by Crippen LogP contribution is 2.56. The molecule has 12 rings (SSSR count). The summed E-state index contributed by atoms with van der Waals surface area (Å²) in [5.41, 5.74) is 20.2. The van der Waals surface area contributed by atoms with Gasteiger partial charge in [-0.25, -0.2) is 0 Å². The SMILES string of the molecule is CC(C)(C)c1ccc2c(c1)c1cc(C(C)(C)C)cc3c1n2B1c2sc4cc5c(cc4c2N(c2ccc4c(c2)C(C)(C)CCC4(C)C)c2c1c-3cc1ccccc21)C(C)(C)CCC5(C)C. The summed E-state index contributed by atoms with van der Waals surface area (Å²) in [7, 11) is 0. The first-order valence-electron chi connectivity index (χ1n) is 24.2. The fourth-order valence-corrected chi connectivity index (χ4v) is 14.0. The van der Waals surface area contributed by atoms with Crippen LogP contribution in [0.2, 0.25) is 0 Å². The van der Waals surface area contributed by atoms with Gasteiger partial charge in [-0.3, -0.25) is 0 Å². The molecule has 2 aliphatic carbocycles. The second-order valence-electron chi connectivity index (χ2n) is 25.1. The number of fused-ring (bicyclic) bond motifs is 13. The van der Waals surface area contributed by atoms with E-state index in [2.05, 4.69) is 209 Å². The number of nitrogens with zero attached hydrogens (tertiary/aromatic N) is 2. The lowest BCUT2D eigenvalue weighted by Gasteiger charge is -2.44. The molecule has 0 fully saturated rings. The summed E-state index contributed by atoms with van der Waals surface area (Å²) in [5.74, 6) is 0. The van der Waals surface area contributed by atoms with E-state index < -0.39 is 0 Å². The number of aromatic nitrogens is 1. The summed E-state index contributed by atoms with van der Waals surface area (Å²) in [6.45, 7) is 34.1. The van der Waals surface area contributed by atoms with Crippen molar-refractivity contribution in [2.75, 3.05) is 4.90 Å². The topological polar surface area (TPSA) is 8.17 Å². The number of hydrogen-bond acceptors (Lipinski definition) is 2. The predicted molar refractivity (Wildman–Crippen MR) is 281 cm³/mol. The van der Waals surface area contributed by atoms with E-state index >= 15 is 0 Å². The molecule has 324 valence electrons. The van der Waals surface area contributed by atoms with Crippen LogP contribution < -0.4 is 15.1 Å². The fraction of sp³-hybridized carbons (Fsp3) is 0.400. The zero-order valence-corrected chi connectivity index (χ0v) is 41.7. The zero-order chi connectivity index (χ0) is 45.0. The summed E-state index contributed by atoms with van der Waals surface area (Å²) >= 11 is 2.07. The highest BCUT2D eigenvalue weighted by atomic mass is 32.1. The van der Waals surface area contributed by atoms with Crippen molar-refractivity contribution in [3.63, 3.8) is 0 Å². The second kappa shape index (κ2) is 12.5. The predicted octanol–water partition coefficient (Wildman–Crippen LogP) is 15.9. The molecule has 0 saturated heterocycles. The van der Waals surface area contributed by atoms with Gasteiger partial charge in [0.2, 0.25) is 0 Å². The van der Waals surface area contributed by atoms with Crippen molar-refractivity contribution in [2.24, 2.45) is 0 Å². The normalized spacial score (nSPS) is 19.0. The lowest BCUT2D eigenvalue weighted by Crippen LogP contribution is -2.55. The van der Waals surface area contributed by atoms with Crippen molar-refractivity contribution in [2.45, 2.75) is 155 Å². The highest BCUT2D eigenvalue weighted by molar-refractivity contribution is 7.32. The first-order chi connectivity index (χ1) is 30.0.